The fourth-order valence-electron chi connectivity index (χ4n) is 3.94. The fraction of sp³-hybridized carbons (Fsp3) is 0.400. The summed E-state index contributed by atoms with van der Waals surface area (Å²) in [7, 11) is 0. The molecule has 3 aromatic rings. The third kappa shape index (κ3) is 3.37. The monoisotopic (exact) mass is 335 g/mol. The minimum absolute atomic E-state index is 0.362. The predicted molar refractivity (Wildman–Crippen MR) is 99.5 cm³/mol. The van der Waals surface area contributed by atoms with Crippen LogP contribution in [0.25, 0.3) is 17.1 Å². The van der Waals surface area contributed by atoms with Crippen molar-refractivity contribution in [1.82, 2.24) is 19.3 Å². The van der Waals surface area contributed by atoms with Crippen LogP contribution in [0.4, 0.5) is 0 Å². The summed E-state index contributed by atoms with van der Waals surface area (Å²) in [4.78, 5) is 4.63. The van der Waals surface area contributed by atoms with E-state index in [4.69, 9.17) is 5.73 Å². The Balaban J connectivity index is 1.59. The Labute approximate surface area is 148 Å². The second kappa shape index (κ2) is 6.84. The van der Waals surface area contributed by atoms with E-state index in [9.17, 15) is 0 Å². The molecule has 0 amide bonds. The van der Waals surface area contributed by atoms with Crippen LogP contribution >= 0.6 is 0 Å². The van der Waals surface area contributed by atoms with E-state index in [0.717, 1.165) is 24.5 Å². The highest BCUT2D eigenvalue weighted by Crippen LogP contribution is 2.28. The van der Waals surface area contributed by atoms with E-state index in [1.807, 2.05) is 23.1 Å². The van der Waals surface area contributed by atoms with Gasteiger partial charge in [0.15, 0.2) is 0 Å². The van der Waals surface area contributed by atoms with Crippen molar-refractivity contribution in [2.24, 2.45) is 11.7 Å². The molecule has 1 aromatic carbocycles. The van der Waals surface area contributed by atoms with Gasteiger partial charge in [-0.3, -0.25) is 0 Å². The number of aromatic nitrogens is 4. The van der Waals surface area contributed by atoms with Crippen molar-refractivity contribution in [2.45, 2.75) is 45.2 Å². The maximum absolute atomic E-state index is 6.16. The zero-order chi connectivity index (χ0) is 17.2. The number of rotatable bonds is 4. The third-order valence-electron chi connectivity index (χ3n) is 5.21. The van der Waals surface area contributed by atoms with E-state index in [-0.39, 0.29) is 0 Å². The Morgan fingerprint density at radius 1 is 1.20 bits per heavy atom. The van der Waals surface area contributed by atoms with Gasteiger partial charge in [0.1, 0.15) is 5.82 Å². The van der Waals surface area contributed by atoms with Gasteiger partial charge in [-0.25, -0.2) is 9.67 Å². The molecule has 1 aliphatic rings. The predicted octanol–water partition coefficient (Wildman–Crippen LogP) is 3.56. The summed E-state index contributed by atoms with van der Waals surface area (Å²) in [5, 5.41) is 4.31. The van der Waals surface area contributed by atoms with Gasteiger partial charge in [-0.2, -0.15) is 5.10 Å². The van der Waals surface area contributed by atoms with Crippen LogP contribution in [0.2, 0.25) is 0 Å². The molecule has 0 saturated heterocycles. The van der Waals surface area contributed by atoms with Gasteiger partial charge in [0, 0.05) is 42.9 Å². The topological polar surface area (TPSA) is 61.7 Å². The Morgan fingerprint density at radius 3 is 2.88 bits per heavy atom. The Hall–Kier alpha value is -2.40. The molecule has 5 nitrogen and oxygen atoms in total. The number of nitrogens with two attached hydrogens (primary N) is 1. The highest BCUT2D eigenvalue weighted by atomic mass is 15.3. The van der Waals surface area contributed by atoms with Crippen molar-refractivity contribution in [3.63, 3.8) is 0 Å². The second-order valence-electron chi connectivity index (χ2n) is 7.15. The molecule has 25 heavy (non-hydrogen) atoms. The summed E-state index contributed by atoms with van der Waals surface area (Å²) in [5.74, 6) is 1.70. The smallest absolute Gasteiger partial charge is 0.140 e. The van der Waals surface area contributed by atoms with Crippen molar-refractivity contribution in [3.05, 3.63) is 54.6 Å². The molecule has 1 fully saturated rings. The van der Waals surface area contributed by atoms with Crippen molar-refractivity contribution in [1.29, 1.82) is 0 Å². The lowest BCUT2D eigenvalue weighted by Gasteiger charge is -2.27. The van der Waals surface area contributed by atoms with Gasteiger partial charge < -0.3 is 10.3 Å². The Morgan fingerprint density at radius 2 is 2.12 bits per heavy atom. The average Bonchev–Trinajstić information content (AvgIpc) is 3.27. The van der Waals surface area contributed by atoms with E-state index in [2.05, 4.69) is 46.0 Å². The van der Waals surface area contributed by atoms with Gasteiger partial charge in [0.05, 0.1) is 5.69 Å². The highest BCUT2D eigenvalue weighted by Gasteiger charge is 2.21. The Kier molecular flexibility index (Phi) is 4.40. The molecule has 1 aliphatic carbocycles. The molecule has 0 bridgehead atoms. The summed E-state index contributed by atoms with van der Waals surface area (Å²) >= 11 is 0. The third-order valence-corrected chi connectivity index (χ3v) is 5.21. The van der Waals surface area contributed by atoms with Crippen LogP contribution in [0.5, 0.6) is 0 Å². The van der Waals surface area contributed by atoms with E-state index in [1.165, 1.54) is 30.4 Å². The maximum Gasteiger partial charge on any atom is 0.140 e. The van der Waals surface area contributed by atoms with Gasteiger partial charge in [0.2, 0.25) is 0 Å². The van der Waals surface area contributed by atoms with E-state index in [0.29, 0.717) is 12.0 Å². The first-order chi connectivity index (χ1) is 12.2. The number of benzene rings is 1. The van der Waals surface area contributed by atoms with Crippen LogP contribution in [-0.2, 0) is 6.54 Å². The molecule has 2 N–H and O–H groups in total. The first-order valence-electron chi connectivity index (χ1n) is 9.08. The zero-order valence-electron chi connectivity index (χ0n) is 14.7. The molecular formula is C20H25N5. The molecule has 0 aliphatic heterocycles. The molecule has 130 valence electrons. The number of imidazole rings is 1. The minimum Gasteiger partial charge on any atom is -0.331 e. The highest BCUT2D eigenvalue weighted by molar-refractivity contribution is 5.62. The lowest BCUT2D eigenvalue weighted by Crippen LogP contribution is -2.29. The summed E-state index contributed by atoms with van der Waals surface area (Å²) < 4.78 is 4.17. The van der Waals surface area contributed by atoms with Crippen LogP contribution in [0, 0.1) is 12.8 Å². The average molecular weight is 335 g/mol. The van der Waals surface area contributed by atoms with Crippen molar-refractivity contribution in [2.75, 3.05) is 0 Å². The summed E-state index contributed by atoms with van der Waals surface area (Å²) in [6.45, 7) is 3.14. The standard InChI is InChI=1S/C20H25N5/c1-15-12-18(25-10-3-8-23-25)6-7-19(15)20-22-9-11-24(20)14-16-4-2-5-17(21)13-16/h3,6-12,16-17H,2,4-5,13-14,21H2,1H3/t16-,17+/m0/s1. The van der Waals surface area contributed by atoms with Crippen molar-refractivity contribution >= 4 is 0 Å². The molecule has 4 rings (SSSR count). The number of nitrogens with zero attached hydrogens (tertiary/aromatic N) is 4. The fourth-order valence-corrected chi connectivity index (χ4v) is 3.94. The summed E-state index contributed by atoms with van der Waals surface area (Å²) in [6.07, 6.45) is 12.5. The van der Waals surface area contributed by atoms with E-state index >= 15 is 0 Å². The number of hydrogen-bond acceptors (Lipinski definition) is 3. The Bertz CT molecular complexity index is 834. The van der Waals surface area contributed by atoms with Crippen LogP contribution in [0.1, 0.15) is 31.2 Å². The second-order valence-corrected chi connectivity index (χ2v) is 7.15. The number of aryl methyl sites for hydroxylation is 1. The van der Waals surface area contributed by atoms with Crippen molar-refractivity contribution < 1.29 is 0 Å². The molecule has 2 heterocycles. The van der Waals surface area contributed by atoms with Gasteiger partial charge >= 0.3 is 0 Å². The zero-order valence-corrected chi connectivity index (χ0v) is 14.7. The largest absolute Gasteiger partial charge is 0.331 e. The number of hydrogen-bond donors (Lipinski definition) is 1. The molecular weight excluding hydrogens is 310 g/mol. The van der Waals surface area contributed by atoms with Crippen LogP contribution < -0.4 is 5.73 Å². The molecule has 0 spiro atoms. The summed E-state index contributed by atoms with van der Waals surface area (Å²) in [6, 6.07) is 8.71. The van der Waals surface area contributed by atoms with Crippen LogP contribution in [0.3, 0.4) is 0 Å². The molecule has 2 aromatic heterocycles. The molecule has 2 atom stereocenters. The molecule has 0 unspecified atom stereocenters. The van der Waals surface area contributed by atoms with E-state index < -0.39 is 0 Å². The van der Waals surface area contributed by atoms with Gasteiger partial charge in [-0.15, -0.1) is 0 Å². The minimum atomic E-state index is 0.362. The molecule has 5 heteroatoms. The van der Waals surface area contributed by atoms with Crippen LogP contribution in [-0.4, -0.2) is 25.4 Å². The maximum atomic E-state index is 6.16. The first-order valence-corrected chi connectivity index (χ1v) is 9.08. The van der Waals surface area contributed by atoms with Crippen molar-refractivity contribution in [3.8, 4) is 17.1 Å². The van der Waals surface area contributed by atoms with E-state index in [1.54, 1.807) is 6.20 Å². The first kappa shape index (κ1) is 16.1. The quantitative estimate of drug-likeness (QED) is 0.793. The normalized spacial score (nSPS) is 20.7. The van der Waals surface area contributed by atoms with Gasteiger partial charge in [0.25, 0.3) is 0 Å². The van der Waals surface area contributed by atoms with Gasteiger partial charge in [-0.05, 0) is 61.9 Å². The SMILES string of the molecule is Cc1cc(-n2cccn2)ccc1-c1nccn1C[C@H]1CCC[C@@H](N)C1. The van der Waals surface area contributed by atoms with Gasteiger partial charge in [-0.1, -0.05) is 6.42 Å². The lowest BCUT2D eigenvalue weighted by molar-refractivity contribution is 0.291. The molecule has 1 saturated carbocycles. The van der Waals surface area contributed by atoms with Crippen LogP contribution in [0.15, 0.2) is 49.1 Å². The molecule has 0 radical (unpaired) electrons. The lowest BCUT2D eigenvalue weighted by atomic mass is 9.86. The summed E-state index contributed by atoms with van der Waals surface area (Å²) in [5.41, 5.74) is 9.62.